The zero-order valence-corrected chi connectivity index (χ0v) is 20.6. The molecule has 0 aromatic carbocycles. The average Bonchev–Trinajstić information content (AvgIpc) is 3.11. The molecule has 4 aliphatic rings. The number of fused-ring (bicyclic) bond motifs is 5. The van der Waals surface area contributed by atoms with E-state index in [9.17, 15) is 9.59 Å². The van der Waals surface area contributed by atoms with Gasteiger partial charge in [0.25, 0.3) is 0 Å². The molecule has 0 radical (unpaired) electrons. The molecule has 3 aliphatic carbocycles. The molecule has 1 aromatic heterocycles. The largest absolute Gasteiger partial charge is 0.350 e. The zero-order valence-electron chi connectivity index (χ0n) is 20.6. The SMILES string of the molecule is Cc1cccc(CNC(=O)C[C@H]2CC[C@H]3[C@@H]4CC[C@H]5N(C)C(=O)C=C[C@]5(C)[C@H]4CC[C@]23C)n1. The number of hydrogen-bond acceptors (Lipinski definition) is 3. The second-order valence-corrected chi connectivity index (χ2v) is 11.7. The fraction of sp³-hybridized carbons (Fsp3) is 0.679. The summed E-state index contributed by atoms with van der Waals surface area (Å²) in [4.78, 5) is 31.7. The number of rotatable bonds is 4. The van der Waals surface area contributed by atoms with Crippen molar-refractivity contribution < 1.29 is 9.59 Å². The maximum absolute atomic E-state index is 12.9. The molecule has 3 saturated carbocycles. The summed E-state index contributed by atoms with van der Waals surface area (Å²) < 4.78 is 0. The highest BCUT2D eigenvalue weighted by atomic mass is 16.2. The summed E-state index contributed by atoms with van der Waals surface area (Å²) in [6.07, 6.45) is 11.8. The van der Waals surface area contributed by atoms with Gasteiger partial charge in [-0.25, -0.2) is 0 Å². The molecule has 3 fully saturated rings. The van der Waals surface area contributed by atoms with E-state index in [0.717, 1.165) is 24.2 Å². The third-order valence-corrected chi connectivity index (χ3v) is 10.2. The molecule has 2 heterocycles. The number of aryl methyl sites for hydroxylation is 1. The normalized spacial score (nSPS) is 39.6. The van der Waals surface area contributed by atoms with Crippen LogP contribution in [0, 0.1) is 41.4 Å². The predicted octanol–water partition coefficient (Wildman–Crippen LogP) is 4.65. The number of aromatic nitrogens is 1. The van der Waals surface area contributed by atoms with Gasteiger partial charge in [-0.2, -0.15) is 0 Å². The first-order valence-corrected chi connectivity index (χ1v) is 12.9. The van der Waals surface area contributed by atoms with Crippen molar-refractivity contribution in [2.75, 3.05) is 7.05 Å². The molecule has 0 saturated heterocycles. The zero-order chi connectivity index (χ0) is 23.4. The summed E-state index contributed by atoms with van der Waals surface area (Å²) in [5.74, 6) is 2.83. The summed E-state index contributed by atoms with van der Waals surface area (Å²) in [7, 11) is 1.98. The molecule has 33 heavy (non-hydrogen) atoms. The summed E-state index contributed by atoms with van der Waals surface area (Å²) in [6.45, 7) is 7.36. The molecule has 7 atom stereocenters. The Morgan fingerprint density at radius 2 is 1.97 bits per heavy atom. The molecule has 178 valence electrons. The van der Waals surface area contributed by atoms with Crippen molar-refractivity contribution in [1.29, 1.82) is 0 Å². The van der Waals surface area contributed by atoms with Gasteiger partial charge in [-0.1, -0.05) is 26.0 Å². The van der Waals surface area contributed by atoms with Crippen molar-refractivity contribution in [1.82, 2.24) is 15.2 Å². The number of hydrogen-bond donors (Lipinski definition) is 1. The molecular weight excluding hydrogens is 410 g/mol. The van der Waals surface area contributed by atoms with Crippen molar-refractivity contribution in [3.05, 3.63) is 41.7 Å². The van der Waals surface area contributed by atoms with E-state index in [1.54, 1.807) is 0 Å². The standard InChI is InChI=1S/C28H39N3O2/c1-18-6-5-7-20(30-18)17-29-25(32)16-19-8-10-22-21-9-11-24-28(3,15-13-26(33)31(24)4)23(21)12-14-27(19,22)2/h5-7,13,15,19,21-24H,8-12,14,16-17H2,1-4H3,(H,29,32)/t19-,21+,22+,23+,24-,27-,28-/m1/s1. The smallest absolute Gasteiger partial charge is 0.246 e. The Kier molecular flexibility index (Phi) is 5.65. The van der Waals surface area contributed by atoms with E-state index < -0.39 is 0 Å². The van der Waals surface area contributed by atoms with Crippen LogP contribution in [0.5, 0.6) is 0 Å². The van der Waals surface area contributed by atoms with Crippen LogP contribution in [0.4, 0.5) is 0 Å². The van der Waals surface area contributed by atoms with Crippen LogP contribution in [0.25, 0.3) is 0 Å². The monoisotopic (exact) mass is 449 g/mol. The lowest BCUT2D eigenvalue weighted by molar-refractivity contribution is -0.139. The minimum Gasteiger partial charge on any atom is -0.350 e. The van der Waals surface area contributed by atoms with E-state index in [0.29, 0.717) is 42.7 Å². The van der Waals surface area contributed by atoms with Gasteiger partial charge >= 0.3 is 0 Å². The predicted molar refractivity (Wildman–Crippen MR) is 129 cm³/mol. The van der Waals surface area contributed by atoms with Crippen molar-refractivity contribution in [3.63, 3.8) is 0 Å². The van der Waals surface area contributed by atoms with E-state index in [1.165, 1.54) is 25.7 Å². The first kappa shape index (κ1) is 22.6. The number of carbonyl (C=O) groups is 2. The lowest BCUT2D eigenvalue weighted by Crippen LogP contribution is -2.59. The molecule has 1 aliphatic heterocycles. The fourth-order valence-corrected chi connectivity index (χ4v) is 8.37. The van der Waals surface area contributed by atoms with E-state index >= 15 is 0 Å². The number of carbonyl (C=O) groups excluding carboxylic acids is 2. The first-order valence-electron chi connectivity index (χ1n) is 12.9. The van der Waals surface area contributed by atoms with Gasteiger partial charge in [-0.05, 0) is 92.7 Å². The first-order chi connectivity index (χ1) is 15.7. The van der Waals surface area contributed by atoms with Crippen LogP contribution < -0.4 is 5.32 Å². The Balaban J connectivity index is 1.26. The molecular formula is C28H39N3O2. The number of nitrogens with one attached hydrogen (secondary N) is 1. The molecule has 0 unspecified atom stereocenters. The van der Waals surface area contributed by atoms with E-state index in [2.05, 4.69) is 30.2 Å². The quantitative estimate of drug-likeness (QED) is 0.728. The van der Waals surface area contributed by atoms with Crippen LogP contribution in [0.3, 0.4) is 0 Å². The summed E-state index contributed by atoms with van der Waals surface area (Å²) >= 11 is 0. The molecule has 0 spiro atoms. The van der Waals surface area contributed by atoms with Crippen molar-refractivity contribution in [2.45, 2.75) is 78.3 Å². The third-order valence-electron chi connectivity index (χ3n) is 10.2. The van der Waals surface area contributed by atoms with Crippen LogP contribution in [-0.2, 0) is 16.1 Å². The third kappa shape index (κ3) is 3.72. The minimum absolute atomic E-state index is 0.0865. The van der Waals surface area contributed by atoms with E-state index in [-0.39, 0.29) is 22.6 Å². The highest BCUT2D eigenvalue weighted by Gasteiger charge is 2.60. The molecule has 0 bridgehead atoms. The topological polar surface area (TPSA) is 62.3 Å². The molecule has 5 nitrogen and oxygen atoms in total. The van der Waals surface area contributed by atoms with E-state index in [4.69, 9.17) is 0 Å². The number of likely N-dealkylation sites (N-methyl/N-ethyl adjacent to an activating group) is 1. The number of amides is 2. The van der Waals surface area contributed by atoms with Crippen LogP contribution >= 0.6 is 0 Å². The lowest BCUT2D eigenvalue weighted by Gasteiger charge is -2.60. The fourth-order valence-electron chi connectivity index (χ4n) is 8.37. The van der Waals surface area contributed by atoms with E-state index in [1.807, 2.05) is 43.1 Å². The van der Waals surface area contributed by atoms with Crippen LogP contribution in [0.1, 0.15) is 70.2 Å². The second-order valence-electron chi connectivity index (χ2n) is 11.7. The highest BCUT2D eigenvalue weighted by molar-refractivity contribution is 5.89. The molecule has 5 rings (SSSR count). The molecule has 2 amide bonds. The van der Waals surface area contributed by atoms with Gasteiger partial charge in [-0.3, -0.25) is 14.6 Å². The molecule has 1 aromatic rings. The second kappa shape index (κ2) is 8.25. The van der Waals surface area contributed by atoms with Crippen molar-refractivity contribution in [3.8, 4) is 0 Å². The average molecular weight is 450 g/mol. The van der Waals surface area contributed by atoms with Crippen LogP contribution in [0.15, 0.2) is 30.4 Å². The van der Waals surface area contributed by atoms with Crippen LogP contribution in [-0.4, -0.2) is 34.8 Å². The van der Waals surface area contributed by atoms with Crippen molar-refractivity contribution >= 4 is 11.8 Å². The number of nitrogens with zero attached hydrogens (tertiary/aromatic N) is 2. The Morgan fingerprint density at radius 1 is 1.15 bits per heavy atom. The molecule has 1 N–H and O–H groups in total. The Labute approximate surface area is 198 Å². The minimum atomic E-state index is 0.0865. The maximum Gasteiger partial charge on any atom is 0.246 e. The van der Waals surface area contributed by atoms with Crippen LogP contribution in [0.2, 0.25) is 0 Å². The van der Waals surface area contributed by atoms with Gasteiger partial charge in [0, 0.05) is 30.6 Å². The summed E-state index contributed by atoms with van der Waals surface area (Å²) in [5.41, 5.74) is 2.25. The van der Waals surface area contributed by atoms with Gasteiger partial charge in [0.2, 0.25) is 11.8 Å². The Morgan fingerprint density at radius 3 is 2.76 bits per heavy atom. The summed E-state index contributed by atoms with van der Waals surface area (Å²) in [5, 5.41) is 3.13. The van der Waals surface area contributed by atoms with Gasteiger partial charge in [-0.15, -0.1) is 0 Å². The van der Waals surface area contributed by atoms with Crippen molar-refractivity contribution in [2.24, 2.45) is 34.5 Å². The highest BCUT2D eigenvalue weighted by Crippen LogP contribution is 2.65. The maximum atomic E-state index is 12.9. The van der Waals surface area contributed by atoms with Gasteiger partial charge in [0.05, 0.1) is 12.2 Å². The Hall–Kier alpha value is -2.17. The number of pyridine rings is 1. The Bertz CT molecular complexity index is 974. The van der Waals surface area contributed by atoms with Gasteiger partial charge in [0.1, 0.15) is 0 Å². The molecule has 5 heteroatoms. The van der Waals surface area contributed by atoms with Gasteiger partial charge in [0.15, 0.2) is 0 Å². The lowest BCUT2D eigenvalue weighted by atomic mass is 9.47. The van der Waals surface area contributed by atoms with Gasteiger partial charge < -0.3 is 10.2 Å². The summed E-state index contributed by atoms with van der Waals surface area (Å²) in [6, 6.07) is 6.28.